The normalized spacial score (nSPS) is 14.6. The topological polar surface area (TPSA) is 100 Å². The highest BCUT2D eigenvalue weighted by molar-refractivity contribution is 6.32. The van der Waals surface area contributed by atoms with Gasteiger partial charge in [-0.2, -0.15) is 0 Å². The first kappa shape index (κ1) is 21.3. The predicted octanol–water partition coefficient (Wildman–Crippen LogP) is 4.64. The lowest BCUT2D eigenvalue weighted by Gasteiger charge is -2.14. The Hall–Kier alpha value is -3.39. The molecule has 0 unspecified atom stereocenters. The molecular weight excluding hydrogens is 412 g/mol. The van der Waals surface area contributed by atoms with Crippen molar-refractivity contribution < 1.29 is 23.9 Å². The largest absolute Gasteiger partial charge is 0.493 e. The first-order chi connectivity index (χ1) is 14.3. The number of carbonyl (C=O) groups is 1. The molecule has 0 N–H and O–H groups in total. The van der Waals surface area contributed by atoms with E-state index in [1.807, 2.05) is 13.8 Å². The molecule has 30 heavy (non-hydrogen) atoms. The van der Waals surface area contributed by atoms with Gasteiger partial charge in [-0.05, 0) is 41.8 Å². The first-order valence-corrected chi connectivity index (χ1v) is 9.44. The van der Waals surface area contributed by atoms with Crippen molar-refractivity contribution in [3.8, 4) is 11.5 Å². The molecule has 1 aliphatic heterocycles. The Morgan fingerprint density at radius 1 is 1.27 bits per heavy atom. The molecule has 0 atom stereocenters. The summed E-state index contributed by atoms with van der Waals surface area (Å²) in [6, 6.07) is 8.88. The molecular formula is C21H19ClN2O6. The van der Waals surface area contributed by atoms with E-state index in [4.69, 9.17) is 25.8 Å². The predicted molar refractivity (Wildman–Crippen MR) is 112 cm³/mol. The van der Waals surface area contributed by atoms with Crippen molar-refractivity contribution in [2.45, 2.75) is 13.8 Å². The van der Waals surface area contributed by atoms with Gasteiger partial charge in [0.2, 0.25) is 5.90 Å². The molecule has 2 aromatic carbocycles. The van der Waals surface area contributed by atoms with E-state index < -0.39 is 10.9 Å². The van der Waals surface area contributed by atoms with Gasteiger partial charge in [-0.15, -0.1) is 0 Å². The SMILES string of the molecule is COc1cc(/C=C2\N=C(c3ccc([N+](=O)[O-])cc3)OC2=O)cc(Cl)c1OCC(C)C. The summed E-state index contributed by atoms with van der Waals surface area (Å²) in [6.45, 7) is 4.52. The molecule has 0 bridgehead atoms. The van der Waals surface area contributed by atoms with Gasteiger partial charge in [0.15, 0.2) is 17.2 Å². The van der Waals surface area contributed by atoms with E-state index in [9.17, 15) is 14.9 Å². The number of esters is 1. The number of nitro groups is 1. The van der Waals surface area contributed by atoms with Crippen LogP contribution in [0.5, 0.6) is 11.5 Å². The van der Waals surface area contributed by atoms with E-state index in [2.05, 4.69) is 4.99 Å². The van der Waals surface area contributed by atoms with Crippen LogP contribution in [0.25, 0.3) is 6.08 Å². The van der Waals surface area contributed by atoms with Gasteiger partial charge in [0, 0.05) is 17.7 Å². The average molecular weight is 431 g/mol. The van der Waals surface area contributed by atoms with Crippen LogP contribution in [0.2, 0.25) is 5.02 Å². The van der Waals surface area contributed by atoms with E-state index >= 15 is 0 Å². The lowest BCUT2D eigenvalue weighted by Crippen LogP contribution is -2.06. The Morgan fingerprint density at radius 3 is 2.57 bits per heavy atom. The quantitative estimate of drug-likeness (QED) is 0.274. The summed E-state index contributed by atoms with van der Waals surface area (Å²) in [5, 5.41) is 11.1. The smallest absolute Gasteiger partial charge is 0.363 e. The second kappa shape index (κ2) is 8.96. The van der Waals surface area contributed by atoms with Crippen LogP contribution in [0, 0.1) is 16.0 Å². The Kier molecular flexibility index (Phi) is 6.37. The standard InChI is InChI=1S/C21H19ClN2O6/c1-12(2)11-29-19-16(22)8-13(10-18(19)28-3)9-17-21(25)30-20(23-17)14-4-6-15(7-5-14)24(26)27/h4-10,12H,11H2,1-3H3/b17-9-. The van der Waals surface area contributed by atoms with Crippen LogP contribution in [-0.2, 0) is 9.53 Å². The number of cyclic esters (lactones) is 1. The van der Waals surface area contributed by atoms with E-state index in [0.29, 0.717) is 40.2 Å². The zero-order valence-electron chi connectivity index (χ0n) is 16.5. The van der Waals surface area contributed by atoms with Crippen LogP contribution < -0.4 is 9.47 Å². The third kappa shape index (κ3) is 4.77. The van der Waals surface area contributed by atoms with E-state index in [-0.39, 0.29) is 17.3 Å². The number of aliphatic imine (C=N–C) groups is 1. The second-order valence-corrected chi connectivity index (χ2v) is 7.29. The summed E-state index contributed by atoms with van der Waals surface area (Å²) in [7, 11) is 1.50. The molecule has 3 rings (SSSR count). The number of halogens is 1. The van der Waals surface area contributed by atoms with Crippen LogP contribution in [0.4, 0.5) is 5.69 Å². The van der Waals surface area contributed by atoms with Crippen molar-refractivity contribution >= 4 is 35.2 Å². The number of carbonyl (C=O) groups excluding carboxylic acids is 1. The lowest BCUT2D eigenvalue weighted by molar-refractivity contribution is -0.384. The molecule has 0 saturated heterocycles. The summed E-state index contributed by atoms with van der Waals surface area (Å²) < 4.78 is 16.3. The Morgan fingerprint density at radius 2 is 1.97 bits per heavy atom. The van der Waals surface area contributed by atoms with Crippen molar-refractivity contribution in [3.05, 3.63) is 68.4 Å². The number of methoxy groups -OCH3 is 1. The van der Waals surface area contributed by atoms with Crippen molar-refractivity contribution in [3.63, 3.8) is 0 Å². The van der Waals surface area contributed by atoms with Gasteiger partial charge < -0.3 is 14.2 Å². The highest BCUT2D eigenvalue weighted by atomic mass is 35.5. The fraction of sp³-hybridized carbons (Fsp3) is 0.238. The number of rotatable bonds is 7. The number of hydrogen-bond donors (Lipinski definition) is 0. The Labute approximate surface area is 177 Å². The molecule has 8 nitrogen and oxygen atoms in total. The molecule has 156 valence electrons. The lowest BCUT2D eigenvalue weighted by atomic mass is 10.1. The van der Waals surface area contributed by atoms with E-state index in [1.165, 1.54) is 37.5 Å². The van der Waals surface area contributed by atoms with Crippen LogP contribution in [-0.4, -0.2) is 30.5 Å². The third-order valence-corrected chi connectivity index (χ3v) is 4.34. The van der Waals surface area contributed by atoms with Crippen LogP contribution in [0.1, 0.15) is 25.0 Å². The van der Waals surface area contributed by atoms with Gasteiger partial charge >= 0.3 is 5.97 Å². The summed E-state index contributed by atoms with van der Waals surface area (Å²) in [6.07, 6.45) is 1.52. The van der Waals surface area contributed by atoms with Crippen molar-refractivity contribution in [2.75, 3.05) is 13.7 Å². The van der Waals surface area contributed by atoms with Gasteiger partial charge in [-0.3, -0.25) is 10.1 Å². The van der Waals surface area contributed by atoms with Crippen molar-refractivity contribution in [1.29, 1.82) is 0 Å². The third-order valence-electron chi connectivity index (χ3n) is 4.06. The van der Waals surface area contributed by atoms with Crippen LogP contribution >= 0.6 is 11.6 Å². The number of non-ortho nitro benzene ring substituents is 1. The summed E-state index contributed by atoms with van der Waals surface area (Å²) in [4.78, 5) is 26.7. The zero-order valence-corrected chi connectivity index (χ0v) is 17.3. The van der Waals surface area contributed by atoms with Crippen molar-refractivity contribution in [1.82, 2.24) is 0 Å². The number of nitro benzene ring substituents is 1. The highest BCUT2D eigenvalue weighted by Gasteiger charge is 2.25. The molecule has 0 amide bonds. The molecule has 2 aromatic rings. The highest BCUT2D eigenvalue weighted by Crippen LogP contribution is 2.37. The zero-order chi connectivity index (χ0) is 21.8. The van der Waals surface area contributed by atoms with Gasteiger partial charge in [0.25, 0.3) is 5.69 Å². The van der Waals surface area contributed by atoms with Gasteiger partial charge in [-0.25, -0.2) is 9.79 Å². The summed E-state index contributed by atoms with van der Waals surface area (Å²) >= 11 is 6.34. The molecule has 0 spiro atoms. The molecule has 1 aliphatic rings. The maximum absolute atomic E-state index is 12.2. The molecule has 0 fully saturated rings. The number of nitrogens with zero attached hydrogens (tertiary/aromatic N) is 2. The Bertz CT molecular complexity index is 1040. The molecule has 0 saturated carbocycles. The fourth-order valence-electron chi connectivity index (χ4n) is 2.63. The molecule has 1 heterocycles. The monoisotopic (exact) mass is 430 g/mol. The summed E-state index contributed by atoms with van der Waals surface area (Å²) in [5.74, 6) is 0.600. The maximum Gasteiger partial charge on any atom is 0.363 e. The van der Waals surface area contributed by atoms with E-state index in [0.717, 1.165) is 0 Å². The maximum atomic E-state index is 12.2. The van der Waals surface area contributed by atoms with Gasteiger partial charge in [0.05, 0.1) is 23.7 Å². The van der Waals surface area contributed by atoms with Crippen LogP contribution in [0.3, 0.4) is 0 Å². The summed E-state index contributed by atoms with van der Waals surface area (Å²) in [5.41, 5.74) is 1.03. The Balaban J connectivity index is 1.89. The second-order valence-electron chi connectivity index (χ2n) is 6.88. The first-order valence-electron chi connectivity index (χ1n) is 9.06. The van der Waals surface area contributed by atoms with Gasteiger partial charge in [0.1, 0.15) is 0 Å². The minimum Gasteiger partial charge on any atom is -0.493 e. The fourth-order valence-corrected chi connectivity index (χ4v) is 2.90. The minimum absolute atomic E-state index is 0.0658. The number of hydrogen-bond acceptors (Lipinski definition) is 7. The minimum atomic E-state index is -0.640. The van der Waals surface area contributed by atoms with Crippen LogP contribution in [0.15, 0.2) is 47.1 Å². The number of benzene rings is 2. The molecule has 9 heteroatoms. The number of ether oxygens (including phenoxy) is 3. The molecule has 0 aliphatic carbocycles. The van der Waals surface area contributed by atoms with Crippen molar-refractivity contribution in [2.24, 2.45) is 10.9 Å². The van der Waals surface area contributed by atoms with E-state index in [1.54, 1.807) is 12.1 Å². The van der Waals surface area contributed by atoms with Gasteiger partial charge in [-0.1, -0.05) is 25.4 Å². The molecule has 0 radical (unpaired) electrons. The molecule has 0 aromatic heterocycles. The average Bonchev–Trinajstić information content (AvgIpc) is 3.07.